The number of aromatic amines is 1. The average Bonchev–Trinajstić information content (AvgIpc) is 3.37. The molecule has 1 aliphatic carbocycles. The summed E-state index contributed by atoms with van der Waals surface area (Å²) in [5.41, 5.74) is 0.886. The first-order chi connectivity index (χ1) is 11.2. The lowest BCUT2D eigenvalue weighted by atomic mass is 10.1. The van der Waals surface area contributed by atoms with E-state index in [1.54, 1.807) is 6.07 Å². The molecule has 2 N–H and O–H groups in total. The van der Waals surface area contributed by atoms with E-state index in [0.29, 0.717) is 31.1 Å². The van der Waals surface area contributed by atoms with Crippen LogP contribution >= 0.6 is 0 Å². The van der Waals surface area contributed by atoms with Gasteiger partial charge in [0.15, 0.2) is 0 Å². The van der Waals surface area contributed by atoms with E-state index >= 15 is 0 Å². The SMILES string of the molecule is CCc1cc(C(=O)N[C@@H]2COCC[C@@H]2OCC2CC2)cc(=O)[nH]1. The quantitative estimate of drug-likeness (QED) is 0.827. The molecule has 23 heavy (non-hydrogen) atoms. The van der Waals surface area contributed by atoms with Crippen LogP contribution in [0.2, 0.25) is 0 Å². The van der Waals surface area contributed by atoms with E-state index < -0.39 is 0 Å². The molecule has 0 aromatic carbocycles. The molecule has 2 aliphatic rings. The molecule has 0 spiro atoms. The van der Waals surface area contributed by atoms with Crippen molar-refractivity contribution in [2.75, 3.05) is 19.8 Å². The van der Waals surface area contributed by atoms with Crippen LogP contribution in [0.15, 0.2) is 16.9 Å². The highest BCUT2D eigenvalue weighted by Gasteiger charge is 2.31. The number of carbonyl (C=O) groups is 1. The second kappa shape index (κ2) is 7.27. The van der Waals surface area contributed by atoms with Gasteiger partial charge in [0, 0.05) is 30.5 Å². The molecule has 1 amide bonds. The summed E-state index contributed by atoms with van der Waals surface area (Å²) in [6.45, 7) is 3.81. The summed E-state index contributed by atoms with van der Waals surface area (Å²) in [5.74, 6) is 0.440. The van der Waals surface area contributed by atoms with Gasteiger partial charge in [0.05, 0.1) is 18.8 Å². The summed E-state index contributed by atoms with van der Waals surface area (Å²) >= 11 is 0. The van der Waals surface area contributed by atoms with Crippen LogP contribution in [0.5, 0.6) is 0 Å². The van der Waals surface area contributed by atoms with Gasteiger partial charge in [-0.05, 0) is 37.7 Å². The lowest BCUT2D eigenvalue weighted by molar-refractivity contribution is -0.0567. The molecule has 6 heteroatoms. The van der Waals surface area contributed by atoms with E-state index in [0.717, 1.165) is 18.7 Å². The van der Waals surface area contributed by atoms with Crippen molar-refractivity contribution in [1.82, 2.24) is 10.3 Å². The number of hydrogen-bond acceptors (Lipinski definition) is 4. The van der Waals surface area contributed by atoms with E-state index in [9.17, 15) is 9.59 Å². The van der Waals surface area contributed by atoms with Crippen LogP contribution in [-0.2, 0) is 15.9 Å². The van der Waals surface area contributed by atoms with Crippen molar-refractivity contribution in [1.29, 1.82) is 0 Å². The summed E-state index contributed by atoms with van der Waals surface area (Å²) in [4.78, 5) is 26.8. The van der Waals surface area contributed by atoms with Gasteiger partial charge in [-0.2, -0.15) is 0 Å². The van der Waals surface area contributed by atoms with Gasteiger partial charge < -0.3 is 19.8 Å². The molecule has 2 fully saturated rings. The van der Waals surface area contributed by atoms with Crippen LogP contribution < -0.4 is 10.9 Å². The second-order valence-electron chi connectivity index (χ2n) is 6.37. The van der Waals surface area contributed by atoms with E-state index in [4.69, 9.17) is 9.47 Å². The molecule has 1 saturated heterocycles. The maximum atomic E-state index is 12.5. The summed E-state index contributed by atoms with van der Waals surface area (Å²) in [6, 6.07) is 2.89. The van der Waals surface area contributed by atoms with Gasteiger partial charge in [-0.3, -0.25) is 9.59 Å². The molecule has 1 saturated carbocycles. The maximum Gasteiger partial charge on any atom is 0.251 e. The summed E-state index contributed by atoms with van der Waals surface area (Å²) < 4.78 is 11.4. The van der Waals surface area contributed by atoms with E-state index in [2.05, 4.69) is 10.3 Å². The number of pyridine rings is 1. The molecular weight excluding hydrogens is 296 g/mol. The molecule has 0 radical (unpaired) electrons. The minimum Gasteiger partial charge on any atom is -0.379 e. The maximum absolute atomic E-state index is 12.5. The number of nitrogens with one attached hydrogen (secondary N) is 2. The fraction of sp³-hybridized carbons (Fsp3) is 0.647. The third-order valence-corrected chi connectivity index (χ3v) is 4.40. The number of amides is 1. The first kappa shape index (κ1) is 16.2. The molecule has 0 bridgehead atoms. The molecule has 1 aliphatic heterocycles. The number of rotatable bonds is 6. The summed E-state index contributed by atoms with van der Waals surface area (Å²) in [5, 5.41) is 2.97. The van der Waals surface area contributed by atoms with Crippen LogP contribution in [0.25, 0.3) is 0 Å². The van der Waals surface area contributed by atoms with Crippen molar-refractivity contribution in [2.24, 2.45) is 5.92 Å². The van der Waals surface area contributed by atoms with Crippen molar-refractivity contribution in [2.45, 2.75) is 44.8 Å². The highest BCUT2D eigenvalue weighted by molar-refractivity contribution is 5.94. The number of hydrogen-bond donors (Lipinski definition) is 2. The standard InChI is InChI=1S/C17H24N2O4/c1-2-13-7-12(8-16(20)18-13)17(21)19-14-10-22-6-5-15(14)23-9-11-3-4-11/h7-8,11,14-15H,2-6,9-10H2,1H3,(H,18,20)(H,19,21)/t14-,15+/m1/s1. The van der Waals surface area contributed by atoms with Crippen LogP contribution in [0.1, 0.15) is 42.2 Å². The number of H-pyrrole nitrogens is 1. The molecule has 6 nitrogen and oxygen atoms in total. The first-order valence-electron chi connectivity index (χ1n) is 8.39. The van der Waals surface area contributed by atoms with E-state index in [1.165, 1.54) is 18.9 Å². The van der Waals surface area contributed by atoms with Crippen molar-refractivity contribution in [3.63, 3.8) is 0 Å². The molecule has 126 valence electrons. The molecular formula is C17H24N2O4. The van der Waals surface area contributed by atoms with Gasteiger partial charge in [-0.25, -0.2) is 0 Å². The smallest absolute Gasteiger partial charge is 0.251 e. The average molecular weight is 320 g/mol. The van der Waals surface area contributed by atoms with Gasteiger partial charge in [-0.1, -0.05) is 6.92 Å². The lowest BCUT2D eigenvalue weighted by Gasteiger charge is -2.32. The Hall–Kier alpha value is -1.66. The first-order valence-corrected chi connectivity index (χ1v) is 8.39. The highest BCUT2D eigenvalue weighted by atomic mass is 16.5. The largest absolute Gasteiger partial charge is 0.379 e. The van der Waals surface area contributed by atoms with E-state index in [1.807, 2.05) is 6.92 Å². The molecule has 1 aromatic heterocycles. The summed E-state index contributed by atoms with van der Waals surface area (Å²) in [7, 11) is 0. The normalized spacial score (nSPS) is 24.4. The molecule has 3 rings (SSSR count). The van der Waals surface area contributed by atoms with Crippen LogP contribution in [0.4, 0.5) is 0 Å². The Morgan fingerprint density at radius 1 is 1.39 bits per heavy atom. The number of ether oxygens (including phenoxy) is 2. The Balaban J connectivity index is 1.64. The predicted molar refractivity (Wildman–Crippen MR) is 85.6 cm³/mol. The van der Waals surface area contributed by atoms with Crippen molar-refractivity contribution >= 4 is 5.91 Å². The summed E-state index contributed by atoms with van der Waals surface area (Å²) in [6.07, 6.45) is 3.93. The fourth-order valence-corrected chi connectivity index (χ4v) is 2.77. The zero-order valence-corrected chi connectivity index (χ0v) is 13.5. The van der Waals surface area contributed by atoms with Gasteiger partial charge in [-0.15, -0.1) is 0 Å². The topological polar surface area (TPSA) is 80.4 Å². The number of aromatic nitrogens is 1. The Bertz CT molecular complexity index is 609. The molecule has 0 unspecified atom stereocenters. The van der Waals surface area contributed by atoms with Crippen molar-refractivity contribution in [3.05, 3.63) is 33.7 Å². The highest BCUT2D eigenvalue weighted by Crippen LogP contribution is 2.30. The Labute approximate surface area is 135 Å². The Morgan fingerprint density at radius 3 is 2.96 bits per heavy atom. The monoisotopic (exact) mass is 320 g/mol. The third-order valence-electron chi connectivity index (χ3n) is 4.40. The van der Waals surface area contributed by atoms with Gasteiger partial charge in [0.2, 0.25) is 5.56 Å². The number of carbonyl (C=O) groups excluding carboxylic acids is 1. The van der Waals surface area contributed by atoms with Gasteiger partial charge in [0.1, 0.15) is 0 Å². The molecule has 2 atom stereocenters. The van der Waals surface area contributed by atoms with Crippen LogP contribution in [0, 0.1) is 5.92 Å². The Morgan fingerprint density at radius 2 is 2.22 bits per heavy atom. The van der Waals surface area contributed by atoms with E-state index in [-0.39, 0.29) is 23.6 Å². The minimum absolute atomic E-state index is 0.0130. The molecule has 2 heterocycles. The van der Waals surface area contributed by atoms with Crippen molar-refractivity contribution < 1.29 is 14.3 Å². The minimum atomic E-state index is -0.254. The molecule has 1 aromatic rings. The second-order valence-corrected chi connectivity index (χ2v) is 6.37. The van der Waals surface area contributed by atoms with Crippen LogP contribution in [0.3, 0.4) is 0 Å². The van der Waals surface area contributed by atoms with Gasteiger partial charge in [0.25, 0.3) is 5.91 Å². The Kier molecular flexibility index (Phi) is 5.13. The zero-order valence-electron chi connectivity index (χ0n) is 13.5. The van der Waals surface area contributed by atoms with Gasteiger partial charge >= 0.3 is 0 Å². The predicted octanol–water partition coefficient (Wildman–Crippen LogP) is 1.25. The zero-order chi connectivity index (χ0) is 16.2. The fourth-order valence-electron chi connectivity index (χ4n) is 2.77. The third kappa shape index (κ3) is 4.42. The van der Waals surface area contributed by atoms with Crippen LogP contribution in [-0.4, -0.2) is 42.9 Å². The van der Waals surface area contributed by atoms with Crippen molar-refractivity contribution in [3.8, 4) is 0 Å². The lowest BCUT2D eigenvalue weighted by Crippen LogP contribution is -2.50. The number of aryl methyl sites for hydroxylation is 1.